The van der Waals surface area contributed by atoms with Gasteiger partial charge in [-0.3, -0.25) is 4.79 Å². The van der Waals surface area contributed by atoms with Crippen molar-refractivity contribution < 1.29 is 14.3 Å². The molecule has 18 heavy (non-hydrogen) atoms. The largest absolute Gasteiger partial charge is 0.462 e. The number of epoxide rings is 1. The average Bonchev–Trinajstić information content (AvgIpc) is 3.17. The molecule has 2 saturated carbocycles. The van der Waals surface area contributed by atoms with E-state index in [9.17, 15) is 4.79 Å². The van der Waals surface area contributed by atoms with Crippen LogP contribution in [0.4, 0.5) is 0 Å². The summed E-state index contributed by atoms with van der Waals surface area (Å²) in [7, 11) is 0. The van der Waals surface area contributed by atoms with E-state index in [1.165, 1.54) is 19.3 Å². The lowest BCUT2D eigenvalue weighted by atomic mass is 9.72. The van der Waals surface area contributed by atoms with Crippen molar-refractivity contribution in [1.82, 2.24) is 0 Å². The number of hydrogen-bond donors (Lipinski definition) is 0. The number of carbonyl (C=O) groups excluding carboxylic acids is 1. The summed E-state index contributed by atoms with van der Waals surface area (Å²) in [6, 6.07) is 0. The van der Waals surface area contributed by atoms with Gasteiger partial charge in [-0.05, 0) is 51.4 Å². The van der Waals surface area contributed by atoms with Crippen molar-refractivity contribution >= 4 is 5.97 Å². The van der Waals surface area contributed by atoms with Crippen LogP contribution in [0.25, 0.3) is 0 Å². The number of fused-ring (bicyclic) bond motifs is 1. The first-order chi connectivity index (χ1) is 8.73. The van der Waals surface area contributed by atoms with Crippen molar-refractivity contribution in [3.63, 3.8) is 0 Å². The summed E-state index contributed by atoms with van der Waals surface area (Å²) in [6.07, 6.45) is 10.6. The zero-order chi connectivity index (χ0) is 12.6. The van der Waals surface area contributed by atoms with Crippen LogP contribution in [0.1, 0.15) is 64.7 Å². The Morgan fingerprint density at radius 3 is 2.67 bits per heavy atom. The van der Waals surface area contributed by atoms with Gasteiger partial charge in [-0.15, -0.1) is 0 Å². The van der Waals surface area contributed by atoms with Crippen molar-refractivity contribution in [2.24, 2.45) is 5.41 Å². The number of ether oxygens (including phenoxy) is 2. The van der Waals surface area contributed by atoms with Gasteiger partial charge in [0.2, 0.25) is 0 Å². The van der Waals surface area contributed by atoms with Crippen molar-refractivity contribution in [2.45, 2.75) is 83.0 Å². The summed E-state index contributed by atoms with van der Waals surface area (Å²) in [5, 5.41) is 0. The topological polar surface area (TPSA) is 38.8 Å². The van der Waals surface area contributed by atoms with E-state index < -0.39 is 0 Å². The second-order valence-corrected chi connectivity index (χ2v) is 6.25. The Balaban J connectivity index is 1.61. The third-order valence-electron chi connectivity index (χ3n) is 5.12. The molecular formula is C15H24O3. The molecule has 0 amide bonds. The molecule has 1 aliphatic heterocycles. The van der Waals surface area contributed by atoms with Gasteiger partial charge in [-0.25, -0.2) is 0 Å². The first-order valence-electron chi connectivity index (χ1n) is 7.60. The molecule has 2 aliphatic carbocycles. The average molecular weight is 252 g/mol. The van der Waals surface area contributed by atoms with Crippen molar-refractivity contribution in [3.8, 4) is 0 Å². The molecule has 0 aromatic heterocycles. The maximum absolute atomic E-state index is 12.5. The minimum Gasteiger partial charge on any atom is -0.462 e. The van der Waals surface area contributed by atoms with E-state index in [1.54, 1.807) is 0 Å². The number of esters is 1. The molecule has 102 valence electrons. The molecule has 1 saturated heterocycles. The van der Waals surface area contributed by atoms with Crippen molar-refractivity contribution in [2.75, 3.05) is 0 Å². The first-order valence-corrected chi connectivity index (χ1v) is 7.60. The molecule has 1 heterocycles. The van der Waals surface area contributed by atoms with E-state index in [-0.39, 0.29) is 17.5 Å². The molecule has 3 nitrogen and oxygen atoms in total. The number of rotatable bonds is 3. The highest BCUT2D eigenvalue weighted by Crippen LogP contribution is 2.49. The molecule has 0 aromatic rings. The summed E-state index contributed by atoms with van der Waals surface area (Å²) in [5.41, 5.74) is -0.241. The maximum atomic E-state index is 12.5. The predicted molar refractivity (Wildman–Crippen MR) is 68.2 cm³/mol. The minimum absolute atomic E-state index is 0.0610. The summed E-state index contributed by atoms with van der Waals surface area (Å²) >= 11 is 0. The second-order valence-electron chi connectivity index (χ2n) is 6.25. The monoisotopic (exact) mass is 252 g/mol. The van der Waals surface area contributed by atoms with Crippen LogP contribution in [0.2, 0.25) is 0 Å². The van der Waals surface area contributed by atoms with E-state index in [4.69, 9.17) is 9.47 Å². The van der Waals surface area contributed by atoms with Crippen LogP contribution < -0.4 is 0 Å². The van der Waals surface area contributed by atoms with Gasteiger partial charge in [-0.1, -0.05) is 13.3 Å². The van der Waals surface area contributed by atoms with Gasteiger partial charge < -0.3 is 9.47 Å². The number of carbonyl (C=O) groups is 1. The maximum Gasteiger partial charge on any atom is 0.312 e. The third-order valence-corrected chi connectivity index (χ3v) is 5.12. The molecule has 3 unspecified atom stereocenters. The van der Waals surface area contributed by atoms with Crippen molar-refractivity contribution in [3.05, 3.63) is 0 Å². The third kappa shape index (κ3) is 2.29. The lowest BCUT2D eigenvalue weighted by Gasteiger charge is -2.34. The lowest BCUT2D eigenvalue weighted by Crippen LogP contribution is -2.39. The molecule has 3 fully saturated rings. The zero-order valence-corrected chi connectivity index (χ0v) is 11.3. The summed E-state index contributed by atoms with van der Waals surface area (Å²) in [4.78, 5) is 12.5. The van der Waals surface area contributed by atoms with Gasteiger partial charge in [0.15, 0.2) is 0 Å². The summed E-state index contributed by atoms with van der Waals surface area (Å²) in [5.74, 6) is 0.0610. The van der Waals surface area contributed by atoms with E-state index in [2.05, 4.69) is 6.92 Å². The molecule has 0 radical (unpaired) electrons. The molecule has 3 rings (SSSR count). The molecule has 3 aliphatic rings. The Hall–Kier alpha value is -0.570. The van der Waals surface area contributed by atoms with Crippen LogP contribution in [-0.2, 0) is 14.3 Å². The van der Waals surface area contributed by atoms with E-state index in [0.29, 0.717) is 12.2 Å². The van der Waals surface area contributed by atoms with Crippen molar-refractivity contribution in [1.29, 1.82) is 0 Å². The van der Waals surface area contributed by atoms with Crippen LogP contribution in [0, 0.1) is 5.41 Å². The molecule has 0 bridgehead atoms. The highest BCUT2D eigenvalue weighted by molar-refractivity contribution is 5.77. The molecular weight excluding hydrogens is 228 g/mol. The van der Waals surface area contributed by atoms with Gasteiger partial charge in [0, 0.05) is 0 Å². The first kappa shape index (κ1) is 12.5. The van der Waals surface area contributed by atoms with Crippen LogP contribution in [0.5, 0.6) is 0 Å². The smallest absolute Gasteiger partial charge is 0.312 e. The van der Waals surface area contributed by atoms with Crippen LogP contribution in [0.3, 0.4) is 0 Å². The Labute approximate surface area is 109 Å². The van der Waals surface area contributed by atoms with E-state index in [0.717, 1.165) is 38.5 Å². The fourth-order valence-corrected chi connectivity index (χ4v) is 3.63. The lowest BCUT2D eigenvalue weighted by molar-refractivity contribution is -0.165. The fourth-order valence-electron chi connectivity index (χ4n) is 3.63. The minimum atomic E-state index is -0.241. The van der Waals surface area contributed by atoms with Gasteiger partial charge in [0.25, 0.3) is 0 Å². The van der Waals surface area contributed by atoms with Gasteiger partial charge >= 0.3 is 5.97 Å². The Morgan fingerprint density at radius 2 is 2.00 bits per heavy atom. The SMILES string of the molecule is CCC1(C(=O)OC2CCCCC2)CCC2OC2C1. The Bertz CT molecular complexity index is 322. The Kier molecular flexibility index (Phi) is 3.35. The van der Waals surface area contributed by atoms with Gasteiger partial charge in [0.05, 0.1) is 17.6 Å². The predicted octanol–water partition coefficient (Wildman–Crippen LogP) is 3.21. The van der Waals surface area contributed by atoms with Gasteiger partial charge in [-0.2, -0.15) is 0 Å². The Morgan fingerprint density at radius 1 is 1.22 bits per heavy atom. The standard InChI is InChI=1S/C15H24O3/c1-2-15(9-8-12-13(10-15)18-12)14(16)17-11-6-4-3-5-7-11/h11-13H,2-10H2,1H3. The molecule has 0 N–H and O–H groups in total. The molecule has 0 aromatic carbocycles. The summed E-state index contributed by atoms with van der Waals surface area (Å²) < 4.78 is 11.4. The number of hydrogen-bond acceptors (Lipinski definition) is 3. The normalized spacial score (nSPS) is 40.1. The summed E-state index contributed by atoms with van der Waals surface area (Å²) in [6.45, 7) is 2.12. The van der Waals surface area contributed by atoms with E-state index in [1.807, 2.05) is 0 Å². The molecule has 3 atom stereocenters. The quantitative estimate of drug-likeness (QED) is 0.572. The van der Waals surface area contributed by atoms with Crippen LogP contribution in [-0.4, -0.2) is 24.3 Å². The highest BCUT2D eigenvalue weighted by atomic mass is 16.6. The molecule has 3 heteroatoms. The molecule has 0 spiro atoms. The fraction of sp³-hybridized carbons (Fsp3) is 0.933. The second kappa shape index (κ2) is 4.84. The van der Waals surface area contributed by atoms with E-state index >= 15 is 0 Å². The highest BCUT2D eigenvalue weighted by Gasteiger charge is 2.53. The van der Waals surface area contributed by atoms with Crippen LogP contribution in [0.15, 0.2) is 0 Å². The van der Waals surface area contributed by atoms with Gasteiger partial charge in [0.1, 0.15) is 6.10 Å². The van der Waals surface area contributed by atoms with Crippen LogP contribution >= 0.6 is 0 Å². The zero-order valence-electron chi connectivity index (χ0n) is 11.3.